The molecule has 1 rings (SSSR count). The highest BCUT2D eigenvalue weighted by atomic mass is 127. The molecule has 6 heteroatoms. The van der Waals surface area contributed by atoms with Crippen LogP contribution in [0.15, 0.2) is 23.3 Å². The van der Waals surface area contributed by atoms with Gasteiger partial charge in [0, 0.05) is 32.4 Å². The number of halogens is 1. The van der Waals surface area contributed by atoms with E-state index in [-0.39, 0.29) is 24.0 Å². The fourth-order valence-electron chi connectivity index (χ4n) is 2.06. The lowest BCUT2D eigenvalue weighted by molar-refractivity contribution is 0.458. The van der Waals surface area contributed by atoms with Crippen LogP contribution >= 0.6 is 24.0 Å². The molecule has 0 aliphatic rings. The second-order valence-corrected chi connectivity index (χ2v) is 4.54. The van der Waals surface area contributed by atoms with Gasteiger partial charge in [-0.25, -0.2) is 9.98 Å². The third kappa shape index (κ3) is 6.07. The van der Waals surface area contributed by atoms with E-state index in [0.717, 1.165) is 37.6 Å². The van der Waals surface area contributed by atoms with Gasteiger partial charge in [-0.3, -0.25) is 0 Å². The second-order valence-electron chi connectivity index (χ2n) is 4.54. The molecule has 0 radical (unpaired) electrons. The van der Waals surface area contributed by atoms with Gasteiger partial charge in [0.25, 0.3) is 0 Å². The zero-order valence-corrected chi connectivity index (χ0v) is 15.9. The van der Waals surface area contributed by atoms with Crippen molar-refractivity contribution >= 4 is 35.8 Å². The van der Waals surface area contributed by atoms with Crippen molar-refractivity contribution in [2.75, 3.05) is 31.1 Å². The van der Waals surface area contributed by atoms with E-state index in [9.17, 15) is 0 Å². The number of guanidine groups is 1. The van der Waals surface area contributed by atoms with Crippen LogP contribution in [0.5, 0.6) is 0 Å². The van der Waals surface area contributed by atoms with Crippen LogP contribution in [0, 0.1) is 0 Å². The molecular weight excluding hydrogens is 377 g/mol. The van der Waals surface area contributed by atoms with E-state index in [0.29, 0.717) is 12.5 Å². The van der Waals surface area contributed by atoms with Crippen molar-refractivity contribution in [3.63, 3.8) is 0 Å². The summed E-state index contributed by atoms with van der Waals surface area (Å²) in [5.74, 6) is 1.61. The first-order valence-electron chi connectivity index (χ1n) is 7.40. The summed E-state index contributed by atoms with van der Waals surface area (Å²) in [7, 11) is 0. The molecular formula is C15H28IN5. The van der Waals surface area contributed by atoms with E-state index in [1.165, 1.54) is 0 Å². The minimum atomic E-state index is 0. The maximum absolute atomic E-state index is 5.96. The average Bonchev–Trinajstić information content (AvgIpc) is 2.49. The lowest BCUT2D eigenvalue weighted by atomic mass is 10.3. The molecule has 0 aliphatic carbocycles. The molecule has 0 amide bonds. The summed E-state index contributed by atoms with van der Waals surface area (Å²) >= 11 is 0. The molecule has 0 bridgehead atoms. The first-order valence-corrected chi connectivity index (χ1v) is 7.40. The number of aromatic nitrogens is 1. The number of hydrogen-bond acceptors (Lipinski definition) is 3. The van der Waals surface area contributed by atoms with Gasteiger partial charge in [-0.05, 0) is 39.3 Å². The second kappa shape index (κ2) is 10.6. The number of nitrogens with two attached hydrogens (primary N) is 1. The Morgan fingerprint density at radius 3 is 2.14 bits per heavy atom. The van der Waals surface area contributed by atoms with Crippen LogP contribution in [0.4, 0.5) is 5.82 Å². The molecule has 5 nitrogen and oxygen atoms in total. The number of rotatable bonds is 7. The first kappa shape index (κ1) is 19.9. The maximum atomic E-state index is 5.96. The Morgan fingerprint density at radius 2 is 1.71 bits per heavy atom. The highest BCUT2D eigenvalue weighted by Gasteiger charge is 2.04. The van der Waals surface area contributed by atoms with E-state index in [2.05, 4.69) is 48.6 Å². The molecule has 0 saturated heterocycles. The van der Waals surface area contributed by atoms with Crippen LogP contribution in [0.1, 0.15) is 33.3 Å². The highest BCUT2D eigenvalue weighted by Crippen LogP contribution is 2.11. The normalized spacial score (nSPS) is 11.0. The molecule has 2 N–H and O–H groups in total. The molecule has 1 aromatic rings. The maximum Gasteiger partial charge on any atom is 0.191 e. The minimum Gasteiger partial charge on any atom is -0.370 e. The van der Waals surface area contributed by atoms with Crippen LogP contribution < -0.4 is 10.6 Å². The largest absolute Gasteiger partial charge is 0.370 e. The Labute approximate surface area is 145 Å². The zero-order valence-electron chi connectivity index (χ0n) is 13.5. The summed E-state index contributed by atoms with van der Waals surface area (Å²) in [6.07, 6.45) is 1.88. The van der Waals surface area contributed by atoms with Crippen LogP contribution in [0.3, 0.4) is 0 Å². The van der Waals surface area contributed by atoms with Crippen molar-refractivity contribution in [3.05, 3.63) is 23.9 Å². The van der Waals surface area contributed by atoms with Crippen molar-refractivity contribution in [1.82, 2.24) is 9.88 Å². The summed E-state index contributed by atoms with van der Waals surface area (Å²) in [6, 6.07) is 4.12. The Bertz CT molecular complexity index is 411. The van der Waals surface area contributed by atoms with Crippen molar-refractivity contribution in [3.8, 4) is 0 Å². The summed E-state index contributed by atoms with van der Waals surface area (Å²) in [5, 5.41) is 0. The summed E-state index contributed by atoms with van der Waals surface area (Å²) < 4.78 is 0. The smallest absolute Gasteiger partial charge is 0.191 e. The molecule has 1 aromatic heterocycles. The third-order valence-corrected chi connectivity index (χ3v) is 3.41. The Morgan fingerprint density at radius 1 is 1.10 bits per heavy atom. The molecule has 0 unspecified atom stereocenters. The number of nitrogens with zero attached hydrogens (tertiary/aromatic N) is 4. The van der Waals surface area contributed by atoms with Gasteiger partial charge in [0.15, 0.2) is 5.96 Å². The highest BCUT2D eigenvalue weighted by molar-refractivity contribution is 14.0. The van der Waals surface area contributed by atoms with Gasteiger partial charge >= 0.3 is 0 Å². The molecule has 0 atom stereocenters. The van der Waals surface area contributed by atoms with Gasteiger partial charge in [0.2, 0.25) is 0 Å². The molecule has 0 spiro atoms. The predicted molar refractivity (Wildman–Crippen MR) is 101 cm³/mol. The van der Waals surface area contributed by atoms with E-state index < -0.39 is 0 Å². The average molecular weight is 405 g/mol. The van der Waals surface area contributed by atoms with Gasteiger partial charge < -0.3 is 15.5 Å². The van der Waals surface area contributed by atoms with Gasteiger partial charge in [-0.15, -0.1) is 24.0 Å². The number of hydrogen-bond donors (Lipinski definition) is 1. The lowest BCUT2D eigenvalue weighted by Gasteiger charge is -2.20. The van der Waals surface area contributed by atoms with E-state index in [1.807, 2.05) is 17.2 Å². The standard InChI is InChI=1S/C15H27N5.HI/c1-5-19(6-2)14-10-9-13(11-17-14)12-18-15(16)20(7-3)8-4;/h9-11H,5-8,12H2,1-4H3,(H2,16,18);1H. The monoisotopic (exact) mass is 405 g/mol. The fraction of sp³-hybridized carbons (Fsp3) is 0.600. The quantitative estimate of drug-likeness (QED) is 0.431. The topological polar surface area (TPSA) is 57.8 Å². The minimum absolute atomic E-state index is 0. The first-order chi connectivity index (χ1) is 9.65. The van der Waals surface area contributed by atoms with E-state index in [1.54, 1.807) is 0 Å². The molecule has 0 fully saturated rings. The number of pyridine rings is 1. The predicted octanol–water partition coefficient (Wildman–Crippen LogP) is 2.70. The lowest BCUT2D eigenvalue weighted by Crippen LogP contribution is -2.37. The van der Waals surface area contributed by atoms with Crippen LogP contribution in [0.25, 0.3) is 0 Å². The van der Waals surface area contributed by atoms with E-state index >= 15 is 0 Å². The van der Waals surface area contributed by atoms with E-state index in [4.69, 9.17) is 5.73 Å². The van der Waals surface area contributed by atoms with Crippen molar-refractivity contribution in [1.29, 1.82) is 0 Å². The number of anilines is 1. The number of aliphatic imine (C=N–C) groups is 1. The summed E-state index contributed by atoms with van der Waals surface area (Å²) in [4.78, 5) is 13.2. The molecule has 21 heavy (non-hydrogen) atoms. The van der Waals surface area contributed by atoms with Crippen LogP contribution in [0.2, 0.25) is 0 Å². The third-order valence-electron chi connectivity index (χ3n) is 3.41. The SMILES string of the molecule is CCN(CC)C(N)=NCc1ccc(N(CC)CC)nc1.I. The Hall–Kier alpha value is -1.05. The zero-order chi connectivity index (χ0) is 15.0. The summed E-state index contributed by atoms with van der Waals surface area (Å²) in [6.45, 7) is 12.7. The van der Waals surface area contributed by atoms with Gasteiger partial charge in [-0.2, -0.15) is 0 Å². The molecule has 1 heterocycles. The van der Waals surface area contributed by atoms with Crippen molar-refractivity contribution in [2.24, 2.45) is 10.7 Å². The fourth-order valence-corrected chi connectivity index (χ4v) is 2.06. The molecule has 0 aliphatic heterocycles. The summed E-state index contributed by atoms with van der Waals surface area (Å²) in [5.41, 5.74) is 7.03. The van der Waals surface area contributed by atoms with Gasteiger partial charge in [0.1, 0.15) is 5.82 Å². The molecule has 0 aromatic carbocycles. The van der Waals surface area contributed by atoms with Crippen LogP contribution in [-0.2, 0) is 6.54 Å². The van der Waals surface area contributed by atoms with Crippen molar-refractivity contribution < 1.29 is 0 Å². The van der Waals surface area contributed by atoms with Gasteiger partial charge in [-0.1, -0.05) is 6.07 Å². The van der Waals surface area contributed by atoms with Crippen molar-refractivity contribution in [2.45, 2.75) is 34.2 Å². The molecule has 120 valence electrons. The van der Waals surface area contributed by atoms with Gasteiger partial charge in [0.05, 0.1) is 6.54 Å². The Balaban J connectivity index is 0.00000400. The van der Waals surface area contributed by atoms with Crippen LogP contribution in [-0.4, -0.2) is 42.0 Å². The Kier molecular flexibility index (Phi) is 10.1. The molecule has 0 saturated carbocycles.